The molecule has 0 radical (unpaired) electrons. The molecule has 0 aliphatic carbocycles. The summed E-state index contributed by atoms with van der Waals surface area (Å²) in [5.41, 5.74) is 1.00. The molecule has 0 bridgehead atoms. The number of rotatable bonds is 3. The summed E-state index contributed by atoms with van der Waals surface area (Å²) in [4.78, 5) is 11.9. The third-order valence-electron chi connectivity index (χ3n) is 2.49. The molecule has 0 saturated heterocycles. The van der Waals surface area contributed by atoms with E-state index in [0.717, 1.165) is 11.3 Å². The van der Waals surface area contributed by atoms with Gasteiger partial charge in [-0.25, -0.2) is 12.8 Å². The summed E-state index contributed by atoms with van der Waals surface area (Å²) in [5, 5.41) is 3.94. The van der Waals surface area contributed by atoms with Gasteiger partial charge in [0.25, 0.3) is 15.0 Å². The van der Waals surface area contributed by atoms with Gasteiger partial charge in [-0.3, -0.25) is 4.79 Å². The summed E-state index contributed by atoms with van der Waals surface area (Å²) in [6.45, 7) is 1.58. The van der Waals surface area contributed by atoms with Crippen LogP contribution in [0.1, 0.15) is 15.9 Å². The third kappa shape index (κ3) is 3.36. The number of anilines is 1. The standard InChI is InChI=1S/C12H9ClFNO3S2/c1-7-4-9(2-3-10(7)14)15-12(16)8-5-11(19-6-8)20(13,17)18/h2-6H,1H3,(H,15,16). The van der Waals surface area contributed by atoms with Crippen molar-refractivity contribution in [3.05, 3.63) is 46.6 Å². The number of halogens is 2. The smallest absolute Gasteiger partial charge is 0.270 e. The quantitative estimate of drug-likeness (QED) is 0.876. The lowest BCUT2D eigenvalue weighted by atomic mass is 10.2. The van der Waals surface area contributed by atoms with Crippen molar-refractivity contribution in [3.63, 3.8) is 0 Å². The van der Waals surface area contributed by atoms with E-state index in [9.17, 15) is 17.6 Å². The lowest BCUT2D eigenvalue weighted by Gasteiger charge is -2.05. The summed E-state index contributed by atoms with van der Waals surface area (Å²) < 4.78 is 35.2. The first kappa shape index (κ1) is 15.0. The monoisotopic (exact) mass is 333 g/mol. The molecule has 1 aromatic carbocycles. The molecule has 1 heterocycles. The predicted molar refractivity (Wildman–Crippen MR) is 76.4 cm³/mol. The van der Waals surface area contributed by atoms with Crippen LogP contribution >= 0.6 is 22.0 Å². The molecular weight excluding hydrogens is 325 g/mol. The predicted octanol–water partition coefficient (Wildman–Crippen LogP) is 3.38. The third-order valence-corrected chi connectivity index (χ3v) is 5.53. The van der Waals surface area contributed by atoms with Crippen LogP contribution in [0.4, 0.5) is 10.1 Å². The number of carbonyl (C=O) groups is 1. The minimum Gasteiger partial charge on any atom is -0.322 e. The highest BCUT2D eigenvalue weighted by Gasteiger charge is 2.16. The van der Waals surface area contributed by atoms with Gasteiger partial charge in [0.2, 0.25) is 0 Å². The molecule has 0 unspecified atom stereocenters. The zero-order chi connectivity index (χ0) is 14.9. The molecular formula is C12H9ClFNO3S2. The van der Waals surface area contributed by atoms with Crippen molar-refractivity contribution in [2.24, 2.45) is 0 Å². The second-order valence-corrected chi connectivity index (χ2v) is 7.71. The van der Waals surface area contributed by atoms with E-state index in [1.807, 2.05) is 0 Å². The molecule has 2 aromatic rings. The summed E-state index contributed by atoms with van der Waals surface area (Å²) in [7, 11) is 1.34. The molecule has 1 amide bonds. The number of hydrogen-bond donors (Lipinski definition) is 1. The van der Waals surface area contributed by atoms with E-state index >= 15 is 0 Å². The number of carbonyl (C=O) groups excluding carboxylic acids is 1. The molecule has 0 fully saturated rings. The van der Waals surface area contributed by atoms with Crippen molar-refractivity contribution < 1.29 is 17.6 Å². The van der Waals surface area contributed by atoms with Gasteiger partial charge in [0.05, 0.1) is 5.56 Å². The van der Waals surface area contributed by atoms with Crippen LogP contribution in [0, 0.1) is 12.7 Å². The maximum Gasteiger partial charge on any atom is 0.270 e. The van der Waals surface area contributed by atoms with E-state index in [0.29, 0.717) is 11.3 Å². The van der Waals surface area contributed by atoms with E-state index in [1.165, 1.54) is 29.6 Å². The highest BCUT2D eigenvalue weighted by atomic mass is 35.7. The normalized spacial score (nSPS) is 11.3. The number of nitrogens with one attached hydrogen (secondary N) is 1. The van der Waals surface area contributed by atoms with Crippen molar-refractivity contribution in [3.8, 4) is 0 Å². The lowest BCUT2D eigenvalue weighted by Crippen LogP contribution is -2.11. The number of aryl methyl sites for hydroxylation is 1. The fraction of sp³-hybridized carbons (Fsp3) is 0.0833. The van der Waals surface area contributed by atoms with Crippen molar-refractivity contribution in [1.82, 2.24) is 0 Å². The molecule has 8 heteroatoms. The average molecular weight is 334 g/mol. The Bertz CT molecular complexity index is 771. The van der Waals surface area contributed by atoms with Gasteiger partial charge in [0.15, 0.2) is 0 Å². The van der Waals surface area contributed by atoms with Crippen molar-refractivity contribution in [2.75, 3.05) is 5.32 Å². The first-order valence-electron chi connectivity index (χ1n) is 5.38. The van der Waals surface area contributed by atoms with Crippen molar-refractivity contribution >= 4 is 42.7 Å². The molecule has 0 aliphatic rings. The van der Waals surface area contributed by atoms with Gasteiger partial charge in [-0.1, -0.05) is 0 Å². The van der Waals surface area contributed by atoms with Crippen molar-refractivity contribution in [2.45, 2.75) is 11.1 Å². The maximum absolute atomic E-state index is 13.1. The summed E-state index contributed by atoms with van der Waals surface area (Å²) in [6, 6.07) is 5.34. The van der Waals surface area contributed by atoms with Crippen LogP contribution in [0.5, 0.6) is 0 Å². The number of hydrogen-bond acceptors (Lipinski definition) is 4. The fourth-order valence-electron chi connectivity index (χ4n) is 1.49. The number of thiophene rings is 1. The molecule has 0 spiro atoms. The van der Waals surface area contributed by atoms with Gasteiger partial charge in [-0.15, -0.1) is 11.3 Å². The van der Waals surface area contributed by atoms with E-state index in [1.54, 1.807) is 6.92 Å². The van der Waals surface area contributed by atoms with Gasteiger partial charge in [0.1, 0.15) is 10.0 Å². The van der Waals surface area contributed by atoms with E-state index in [4.69, 9.17) is 10.7 Å². The Balaban J connectivity index is 2.20. The maximum atomic E-state index is 13.1. The SMILES string of the molecule is Cc1cc(NC(=O)c2csc(S(=O)(=O)Cl)c2)ccc1F. The van der Waals surface area contributed by atoms with Crippen LogP contribution in [0.2, 0.25) is 0 Å². The van der Waals surface area contributed by atoms with Crippen LogP contribution in [-0.4, -0.2) is 14.3 Å². The van der Waals surface area contributed by atoms with E-state index in [2.05, 4.69) is 5.32 Å². The second kappa shape index (κ2) is 5.51. The molecule has 2 rings (SSSR count). The minimum absolute atomic E-state index is 0.0976. The van der Waals surface area contributed by atoms with Crippen LogP contribution in [0.15, 0.2) is 33.9 Å². The second-order valence-electron chi connectivity index (χ2n) is 4.01. The first-order chi connectivity index (χ1) is 9.27. The Labute approximate surface area is 123 Å². The van der Waals surface area contributed by atoms with Gasteiger partial charge in [0, 0.05) is 21.7 Å². The van der Waals surface area contributed by atoms with E-state index in [-0.39, 0.29) is 15.6 Å². The zero-order valence-corrected chi connectivity index (χ0v) is 12.6. The number of amides is 1. The highest BCUT2D eigenvalue weighted by molar-refractivity contribution is 8.15. The van der Waals surface area contributed by atoms with Crippen LogP contribution < -0.4 is 5.32 Å². The van der Waals surface area contributed by atoms with Gasteiger partial charge >= 0.3 is 0 Å². The Morgan fingerprint density at radius 2 is 2.05 bits per heavy atom. The molecule has 20 heavy (non-hydrogen) atoms. The Kier molecular flexibility index (Phi) is 4.12. The largest absolute Gasteiger partial charge is 0.322 e. The molecule has 0 atom stereocenters. The van der Waals surface area contributed by atoms with Gasteiger partial charge in [-0.05, 0) is 36.8 Å². The average Bonchev–Trinajstić information content (AvgIpc) is 2.83. The van der Waals surface area contributed by atoms with Crippen LogP contribution in [0.3, 0.4) is 0 Å². The van der Waals surface area contributed by atoms with Crippen LogP contribution in [-0.2, 0) is 9.05 Å². The Morgan fingerprint density at radius 3 is 2.60 bits per heavy atom. The summed E-state index contributed by atoms with van der Waals surface area (Å²) >= 11 is 0.860. The molecule has 4 nitrogen and oxygen atoms in total. The topological polar surface area (TPSA) is 63.2 Å². The van der Waals surface area contributed by atoms with E-state index < -0.39 is 15.0 Å². The minimum atomic E-state index is -3.84. The Morgan fingerprint density at radius 1 is 1.35 bits per heavy atom. The first-order valence-corrected chi connectivity index (χ1v) is 8.57. The summed E-state index contributed by atoms with van der Waals surface area (Å²) in [5.74, 6) is -0.854. The zero-order valence-electron chi connectivity index (χ0n) is 10.2. The lowest BCUT2D eigenvalue weighted by molar-refractivity contribution is 0.102. The molecule has 1 N–H and O–H groups in total. The van der Waals surface area contributed by atoms with Gasteiger partial charge in [-0.2, -0.15) is 0 Å². The van der Waals surface area contributed by atoms with Crippen molar-refractivity contribution in [1.29, 1.82) is 0 Å². The van der Waals surface area contributed by atoms with Gasteiger partial charge < -0.3 is 5.32 Å². The number of benzene rings is 1. The van der Waals surface area contributed by atoms with Crippen LogP contribution in [0.25, 0.3) is 0 Å². The Hall–Kier alpha value is -1.44. The molecule has 106 valence electrons. The summed E-state index contributed by atoms with van der Waals surface area (Å²) in [6.07, 6.45) is 0. The fourth-order valence-corrected chi connectivity index (χ4v) is 3.44. The molecule has 1 aromatic heterocycles. The molecule has 0 aliphatic heterocycles. The highest BCUT2D eigenvalue weighted by Crippen LogP contribution is 2.24. The molecule has 0 saturated carbocycles.